The maximum absolute atomic E-state index is 13.5. The van der Waals surface area contributed by atoms with Crippen LogP contribution in [0.2, 0.25) is 0 Å². The number of fused-ring (bicyclic) bond motifs is 1. The van der Waals surface area contributed by atoms with Crippen LogP contribution in [0.15, 0.2) is 77.7 Å². The first kappa shape index (κ1) is 25.1. The predicted octanol–water partition coefficient (Wildman–Crippen LogP) is 4.20. The molecule has 2 heterocycles. The van der Waals surface area contributed by atoms with Gasteiger partial charge in [-0.3, -0.25) is 14.0 Å². The van der Waals surface area contributed by atoms with Gasteiger partial charge in [-0.1, -0.05) is 49.4 Å². The Labute approximate surface area is 211 Å². The number of nitrogens with one attached hydrogen (secondary N) is 1. The van der Waals surface area contributed by atoms with Crippen molar-refractivity contribution < 1.29 is 9.53 Å². The number of amides is 1. The lowest BCUT2D eigenvalue weighted by Crippen LogP contribution is -2.33. The number of aryl methyl sites for hydroxylation is 1. The van der Waals surface area contributed by atoms with Gasteiger partial charge in [-0.05, 0) is 61.7 Å². The Kier molecular flexibility index (Phi) is 8.13. The first-order valence-corrected chi connectivity index (χ1v) is 12.3. The standard InChI is InChI=1S/C29H32N4O3/c1-3-24(31-28(34)22-14-13-20(2)18-25(22)36-17-9-15-30)27-23(19-21-10-5-4-6-11-21)29(35)33-16-8-7-12-26(33)32-27/h4-8,10-14,16,18,24H,3,9,15,17,19,30H2,1-2H3,(H,31,34). The molecule has 0 saturated heterocycles. The highest BCUT2D eigenvalue weighted by Gasteiger charge is 2.24. The Morgan fingerprint density at radius 3 is 2.64 bits per heavy atom. The van der Waals surface area contributed by atoms with Crippen LogP contribution < -0.4 is 21.3 Å². The second-order valence-corrected chi connectivity index (χ2v) is 8.80. The number of benzene rings is 2. The molecule has 4 rings (SSSR count). The maximum Gasteiger partial charge on any atom is 0.261 e. The molecule has 1 atom stereocenters. The summed E-state index contributed by atoms with van der Waals surface area (Å²) in [4.78, 5) is 31.8. The highest BCUT2D eigenvalue weighted by Crippen LogP contribution is 2.24. The van der Waals surface area contributed by atoms with Gasteiger partial charge in [-0.15, -0.1) is 0 Å². The Hall–Kier alpha value is -3.97. The zero-order valence-electron chi connectivity index (χ0n) is 20.7. The number of aromatic nitrogens is 2. The number of hydrogen-bond acceptors (Lipinski definition) is 5. The molecular weight excluding hydrogens is 452 g/mol. The smallest absolute Gasteiger partial charge is 0.261 e. The van der Waals surface area contributed by atoms with Gasteiger partial charge in [0.25, 0.3) is 11.5 Å². The molecule has 2 aromatic carbocycles. The summed E-state index contributed by atoms with van der Waals surface area (Å²) in [7, 11) is 0. The van der Waals surface area contributed by atoms with Crippen molar-refractivity contribution in [1.82, 2.24) is 14.7 Å². The average Bonchev–Trinajstić information content (AvgIpc) is 2.89. The average molecular weight is 485 g/mol. The molecule has 7 nitrogen and oxygen atoms in total. The van der Waals surface area contributed by atoms with E-state index in [9.17, 15) is 9.59 Å². The van der Waals surface area contributed by atoms with Gasteiger partial charge in [0.05, 0.1) is 23.9 Å². The van der Waals surface area contributed by atoms with Crippen molar-refractivity contribution in [1.29, 1.82) is 0 Å². The number of nitrogens with zero attached hydrogens (tertiary/aromatic N) is 2. The van der Waals surface area contributed by atoms with Crippen LogP contribution in [0.5, 0.6) is 5.75 Å². The summed E-state index contributed by atoms with van der Waals surface area (Å²) in [5.41, 5.74) is 9.61. The molecule has 2 aromatic heterocycles. The Bertz CT molecular complexity index is 1400. The van der Waals surface area contributed by atoms with Gasteiger partial charge in [-0.25, -0.2) is 4.98 Å². The Morgan fingerprint density at radius 1 is 1.11 bits per heavy atom. The first-order chi connectivity index (χ1) is 17.5. The lowest BCUT2D eigenvalue weighted by Gasteiger charge is -2.21. The molecule has 3 N–H and O–H groups in total. The molecule has 1 amide bonds. The molecule has 0 spiro atoms. The van der Waals surface area contributed by atoms with E-state index in [4.69, 9.17) is 15.5 Å². The van der Waals surface area contributed by atoms with Gasteiger partial charge in [-0.2, -0.15) is 0 Å². The summed E-state index contributed by atoms with van der Waals surface area (Å²) in [5.74, 6) is 0.247. The molecule has 0 aliphatic rings. The molecule has 186 valence electrons. The third-order valence-electron chi connectivity index (χ3n) is 6.11. The van der Waals surface area contributed by atoms with Gasteiger partial charge in [0, 0.05) is 18.2 Å². The van der Waals surface area contributed by atoms with Gasteiger partial charge >= 0.3 is 0 Å². The van der Waals surface area contributed by atoms with E-state index in [0.29, 0.717) is 60.6 Å². The van der Waals surface area contributed by atoms with Crippen LogP contribution in [-0.4, -0.2) is 28.4 Å². The van der Waals surface area contributed by atoms with E-state index in [2.05, 4.69) is 5.32 Å². The molecule has 0 fully saturated rings. The zero-order valence-corrected chi connectivity index (χ0v) is 20.7. The highest BCUT2D eigenvalue weighted by molar-refractivity contribution is 5.97. The summed E-state index contributed by atoms with van der Waals surface area (Å²) in [6.45, 7) is 4.87. The second-order valence-electron chi connectivity index (χ2n) is 8.80. The van der Waals surface area contributed by atoms with E-state index in [1.807, 2.05) is 68.4 Å². The third kappa shape index (κ3) is 5.63. The quantitative estimate of drug-likeness (QED) is 0.329. The summed E-state index contributed by atoms with van der Waals surface area (Å²) >= 11 is 0. The fourth-order valence-corrected chi connectivity index (χ4v) is 4.20. The Balaban J connectivity index is 1.72. The van der Waals surface area contributed by atoms with Crippen LogP contribution in [0, 0.1) is 6.92 Å². The number of hydrogen-bond donors (Lipinski definition) is 2. The monoisotopic (exact) mass is 484 g/mol. The zero-order chi connectivity index (χ0) is 25.5. The van der Waals surface area contributed by atoms with Gasteiger partial charge in [0.1, 0.15) is 11.4 Å². The molecule has 7 heteroatoms. The topological polar surface area (TPSA) is 98.7 Å². The fourth-order valence-electron chi connectivity index (χ4n) is 4.20. The SMILES string of the molecule is CCC(NC(=O)c1ccc(C)cc1OCCCN)c1nc2ccccn2c(=O)c1Cc1ccccc1. The van der Waals surface area contributed by atoms with Crippen molar-refractivity contribution in [3.05, 3.63) is 111 Å². The molecule has 36 heavy (non-hydrogen) atoms. The van der Waals surface area contributed by atoms with Crippen molar-refractivity contribution in [3.8, 4) is 5.75 Å². The normalized spacial score (nSPS) is 11.9. The molecule has 4 aromatic rings. The molecule has 1 unspecified atom stereocenters. The lowest BCUT2D eigenvalue weighted by atomic mass is 9.99. The molecule has 0 aliphatic heterocycles. The number of nitrogens with two attached hydrogens (primary N) is 1. The summed E-state index contributed by atoms with van der Waals surface area (Å²) in [6.07, 6.45) is 3.41. The number of pyridine rings is 1. The van der Waals surface area contributed by atoms with Crippen LogP contribution in [-0.2, 0) is 6.42 Å². The van der Waals surface area contributed by atoms with Crippen LogP contribution in [0.1, 0.15) is 58.5 Å². The minimum Gasteiger partial charge on any atom is -0.493 e. The van der Waals surface area contributed by atoms with Crippen molar-refractivity contribution in [3.63, 3.8) is 0 Å². The van der Waals surface area contributed by atoms with E-state index >= 15 is 0 Å². The van der Waals surface area contributed by atoms with Crippen molar-refractivity contribution in [2.45, 2.75) is 39.2 Å². The van der Waals surface area contributed by atoms with E-state index in [1.54, 1.807) is 22.7 Å². The van der Waals surface area contributed by atoms with Crippen molar-refractivity contribution >= 4 is 11.6 Å². The third-order valence-corrected chi connectivity index (χ3v) is 6.11. The minimum atomic E-state index is -0.452. The van der Waals surface area contributed by atoms with E-state index < -0.39 is 6.04 Å². The molecule has 0 saturated carbocycles. The lowest BCUT2D eigenvalue weighted by molar-refractivity contribution is 0.0930. The van der Waals surface area contributed by atoms with Crippen LogP contribution in [0.4, 0.5) is 0 Å². The molecular formula is C29H32N4O3. The molecule has 0 aliphatic carbocycles. The van der Waals surface area contributed by atoms with Crippen molar-refractivity contribution in [2.24, 2.45) is 5.73 Å². The minimum absolute atomic E-state index is 0.131. The molecule has 0 radical (unpaired) electrons. The number of ether oxygens (including phenoxy) is 1. The van der Waals surface area contributed by atoms with Gasteiger partial charge < -0.3 is 15.8 Å². The summed E-state index contributed by atoms with van der Waals surface area (Å²) in [5, 5.41) is 3.11. The summed E-state index contributed by atoms with van der Waals surface area (Å²) in [6, 6.07) is 20.3. The van der Waals surface area contributed by atoms with Crippen LogP contribution in [0.25, 0.3) is 5.65 Å². The first-order valence-electron chi connectivity index (χ1n) is 12.3. The largest absolute Gasteiger partial charge is 0.493 e. The maximum atomic E-state index is 13.5. The Morgan fingerprint density at radius 2 is 1.89 bits per heavy atom. The van der Waals surface area contributed by atoms with Crippen molar-refractivity contribution in [2.75, 3.05) is 13.2 Å². The van der Waals surface area contributed by atoms with Crippen LogP contribution in [0.3, 0.4) is 0 Å². The van der Waals surface area contributed by atoms with Gasteiger partial charge in [0.15, 0.2) is 0 Å². The van der Waals surface area contributed by atoms with E-state index in [-0.39, 0.29) is 11.5 Å². The van der Waals surface area contributed by atoms with E-state index in [0.717, 1.165) is 11.1 Å². The molecule has 0 bridgehead atoms. The van der Waals surface area contributed by atoms with E-state index in [1.165, 1.54) is 0 Å². The number of carbonyl (C=O) groups excluding carboxylic acids is 1. The fraction of sp³-hybridized carbons (Fsp3) is 0.276. The number of carbonyl (C=O) groups is 1. The van der Waals surface area contributed by atoms with Crippen LogP contribution >= 0.6 is 0 Å². The highest BCUT2D eigenvalue weighted by atomic mass is 16.5. The predicted molar refractivity (Wildman–Crippen MR) is 142 cm³/mol. The van der Waals surface area contributed by atoms with Gasteiger partial charge in [0.2, 0.25) is 0 Å². The number of rotatable bonds is 10. The second kappa shape index (κ2) is 11.6. The summed E-state index contributed by atoms with van der Waals surface area (Å²) < 4.78 is 7.43.